The first kappa shape index (κ1) is 18.4. The van der Waals surface area contributed by atoms with Crippen molar-refractivity contribution in [2.45, 2.75) is 31.1 Å². The Hall–Kier alpha value is -1.60. The summed E-state index contributed by atoms with van der Waals surface area (Å²) < 4.78 is 28.0. The van der Waals surface area contributed by atoms with Crippen LogP contribution in [0.4, 0.5) is 10.5 Å². The average molecular weight is 328 g/mol. The highest BCUT2D eigenvalue weighted by Gasteiger charge is 2.07. The van der Waals surface area contributed by atoms with Crippen LogP contribution >= 0.6 is 0 Å². The zero-order valence-corrected chi connectivity index (χ0v) is 13.9. The molecular weight excluding hydrogens is 304 g/mol. The fourth-order valence-electron chi connectivity index (χ4n) is 1.69. The summed E-state index contributed by atoms with van der Waals surface area (Å²) in [6, 6.07) is 5.73. The van der Waals surface area contributed by atoms with E-state index >= 15 is 0 Å². The van der Waals surface area contributed by atoms with Crippen molar-refractivity contribution in [1.29, 1.82) is 0 Å². The largest absolute Gasteiger partial charge is 0.381 e. The van der Waals surface area contributed by atoms with E-state index in [2.05, 4.69) is 17.6 Å². The van der Waals surface area contributed by atoms with Crippen LogP contribution in [0.3, 0.4) is 0 Å². The topological polar surface area (TPSA) is 84.5 Å². The Morgan fingerprint density at radius 3 is 2.36 bits per heavy atom. The molecule has 0 aliphatic carbocycles. The van der Waals surface area contributed by atoms with Gasteiger partial charge in [-0.3, -0.25) is 0 Å². The van der Waals surface area contributed by atoms with Gasteiger partial charge in [0, 0.05) is 31.7 Å². The molecule has 7 heteroatoms. The van der Waals surface area contributed by atoms with E-state index in [-0.39, 0.29) is 10.9 Å². The van der Waals surface area contributed by atoms with E-state index < -0.39 is 9.84 Å². The maximum Gasteiger partial charge on any atom is 0.319 e. The third kappa shape index (κ3) is 7.42. The number of hydrogen-bond acceptors (Lipinski definition) is 4. The minimum atomic E-state index is -3.22. The number of urea groups is 1. The third-order valence-corrected chi connectivity index (χ3v) is 4.06. The van der Waals surface area contributed by atoms with Crippen LogP contribution in [0.1, 0.15) is 26.2 Å². The zero-order valence-electron chi connectivity index (χ0n) is 13.1. The van der Waals surface area contributed by atoms with Crippen LogP contribution in [0, 0.1) is 0 Å². The molecule has 2 N–H and O–H groups in total. The van der Waals surface area contributed by atoms with Gasteiger partial charge in [0.15, 0.2) is 9.84 Å². The zero-order chi connectivity index (χ0) is 16.4. The second-order valence-corrected chi connectivity index (χ2v) is 7.01. The van der Waals surface area contributed by atoms with E-state index in [0.717, 1.165) is 32.1 Å². The molecule has 0 fully saturated rings. The van der Waals surface area contributed by atoms with Crippen LogP contribution in [0.15, 0.2) is 29.2 Å². The summed E-state index contributed by atoms with van der Waals surface area (Å²) in [4.78, 5) is 11.9. The molecule has 0 saturated carbocycles. The van der Waals surface area contributed by atoms with E-state index in [9.17, 15) is 13.2 Å². The number of unbranched alkanes of at least 4 members (excludes halogenated alkanes) is 1. The molecule has 0 saturated heterocycles. The third-order valence-electron chi connectivity index (χ3n) is 2.93. The SMILES string of the molecule is CCCCOCCCNC(=O)Nc1ccc(S(C)(=O)=O)cc1. The van der Waals surface area contributed by atoms with Crippen LogP contribution in [0.5, 0.6) is 0 Å². The van der Waals surface area contributed by atoms with Crippen molar-refractivity contribution in [3.8, 4) is 0 Å². The first-order valence-electron chi connectivity index (χ1n) is 7.36. The van der Waals surface area contributed by atoms with Gasteiger partial charge in [-0.25, -0.2) is 13.2 Å². The van der Waals surface area contributed by atoms with E-state index in [4.69, 9.17) is 4.74 Å². The van der Waals surface area contributed by atoms with Crippen molar-refractivity contribution in [1.82, 2.24) is 5.32 Å². The summed E-state index contributed by atoms with van der Waals surface area (Å²) >= 11 is 0. The molecule has 6 nitrogen and oxygen atoms in total. The van der Waals surface area contributed by atoms with Gasteiger partial charge in [-0.1, -0.05) is 13.3 Å². The van der Waals surface area contributed by atoms with Crippen LogP contribution in [0.2, 0.25) is 0 Å². The molecule has 0 unspecified atom stereocenters. The number of carbonyl (C=O) groups excluding carboxylic acids is 1. The molecule has 0 bridgehead atoms. The highest BCUT2D eigenvalue weighted by molar-refractivity contribution is 7.90. The minimum Gasteiger partial charge on any atom is -0.381 e. The molecule has 1 aromatic rings. The van der Waals surface area contributed by atoms with Gasteiger partial charge in [0.25, 0.3) is 0 Å². The lowest BCUT2D eigenvalue weighted by Crippen LogP contribution is -2.30. The number of ether oxygens (including phenoxy) is 1. The maximum atomic E-state index is 11.6. The Morgan fingerprint density at radius 1 is 1.14 bits per heavy atom. The quantitative estimate of drug-likeness (QED) is 0.682. The minimum absolute atomic E-state index is 0.225. The van der Waals surface area contributed by atoms with Gasteiger partial charge in [0.05, 0.1) is 4.90 Å². The van der Waals surface area contributed by atoms with Crippen LogP contribution < -0.4 is 10.6 Å². The fraction of sp³-hybridized carbons (Fsp3) is 0.533. The Kier molecular flexibility index (Phi) is 7.90. The average Bonchev–Trinajstić information content (AvgIpc) is 2.46. The molecule has 0 radical (unpaired) electrons. The van der Waals surface area contributed by atoms with E-state index in [1.807, 2.05) is 0 Å². The van der Waals surface area contributed by atoms with Crippen molar-refractivity contribution >= 4 is 21.6 Å². The molecule has 0 heterocycles. The summed E-state index contributed by atoms with van der Waals surface area (Å²) in [5.74, 6) is 0. The number of rotatable bonds is 9. The molecule has 0 spiro atoms. The molecule has 2 amide bonds. The van der Waals surface area contributed by atoms with E-state index in [1.165, 1.54) is 12.1 Å². The summed E-state index contributed by atoms with van der Waals surface area (Å²) in [7, 11) is -3.22. The summed E-state index contributed by atoms with van der Waals surface area (Å²) in [5, 5.41) is 5.36. The van der Waals surface area contributed by atoms with Crippen molar-refractivity contribution in [2.75, 3.05) is 31.3 Å². The number of sulfone groups is 1. The Morgan fingerprint density at radius 2 is 1.77 bits per heavy atom. The van der Waals surface area contributed by atoms with Gasteiger partial charge in [-0.2, -0.15) is 0 Å². The predicted octanol–water partition coefficient (Wildman–Crippen LogP) is 2.42. The Bertz CT molecular complexity index is 555. The summed E-state index contributed by atoms with van der Waals surface area (Å²) in [5.41, 5.74) is 0.545. The Labute approximate surface area is 132 Å². The highest BCUT2D eigenvalue weighted by Crippen LogP contribution is 2.13. The van der Waals surface area contributed by atoms with Gasteiger partial charge in [-0.15, -0.1) is 0 Å². The first-order valence-corrected chi connectivity index (χ1v) is 9.25. The van der Waals surface area contributed by atoms with Gasteiger partial charge in [-0.05, 0) is 37.1 Å². The monoisotopic (exact) mass is 328 g/mol. The molecule has 0 aromatic heterocycles. The normalized spacial score (nSPS) is 11.2. The first-order chi connectivity index (χ1) is 10.4. The molecule has 0 atom stereocenters. The van der Waals surface area contributed by atoms with Crippen LogP contribution in [-0.2, 0) is 14.6 Å². The predicted molar refractivity (Wildman–Crippen MR) is 86.9 cm³/mol. The highest BCUT2D eigenvalue weighted by atomic mass is 32.2. The lowest BCUT2D eigenvalue weighted by Gasteiger charge is -2.08. The molecule has 22 heavy (non-hydrogen) atoms. The van der Waals surface area contributed by atoms with Gasteiger partial charge >= 0.3 is 6.03 Å². The lowest BCUT2D eigenvalue weighted by molar-refractivity contribution is 0.129. The number of carbonyl (C=O) groups is 1. The molecule has 124 valence electrons. The molecule has 0 aliphatic rings. The number of anilines is 1. The Balaban J connectivity index is 2.25. The van der Waals surface area contributed by atoms with Gasteiger partial charge < -0.3 is 15.4 Å². The van der Waals surface area contributed by atoms with Crippen LogP contribution in [0.25, 0.3) is 0 Å². The van der Waals surface area contributed by atoms with Crippen molar-refractivity contribution < 1.29 is 17.9 Å². The number of amides is 2. The summed E-state index contributed by atoms with van der Waals surface area (Å²) in [6.07, 6.45) is 4.06. The standard InChI is InChI=1S/C15H24N2O4S/c1-3-4-11-21-12-5-10-16-15(18)17-13-6-8-14(9-7-13)22(2,19)20/h6-9H,3-5,10-12H2,1-2H3,(H2,16,17,18). The van der Waals surface area contributed by atoms with Crippen LogP contribution in [-0.4, -0.2) is 40.5 Å². The molecule has 1 aromatic carbocycles. The van der Waals surface area contributed by atoms with Crippen molar-refractivity contribution in [2.24, 2.45) is 0 Å². The van der Waals surface area contributed by atoms with E-state index in [0.29, 0.717) is 18.8 Å². The second kappa shape index (κ2) is 9.42. The second-order valence-electron chi connectivity index (χ2n) is 5.00. The maximum absolute atomic E-state index is 11.6. The fourth-order valence-corrected chi connectivity index (χ4v) is 2.32. The van der Waals surface area contributed by atoms with E-state index in [1.54, 1.807) is 12.1 Å². The molecule has 0 aliphatic heterocycles. The number of hydrogen-bond donors (Lipinski definition) is 2. The number of benzene rings is 1. The lowest BCUT2D eigenvalue weighted by atomic mass is 10.3. The van der Waals surface area contributed by atoms with Gasteiger partial charge in [0.2, 0.25) is 0 Å². The smallest absolute Gasteiger partial charge is 0.319 e. The molecular formula is C15H24N2O4S. The number of nitrogens with one attached hydrogen (secondary N) is 2. The van der Waals surface area contributed by atoms with Crippen molar-refractivity contribution in [3.63, 3.8) is 0 Å². The van der Waals surface area contributed by atoms with Crippen molar-refractivity contribution in [3.05, 3.63) is 24.3 Å². The summed E-state index contributed by atoms with van der Waals surface area (Å²) in [6.45, 7) is 4.02. The molecule has 1 rings (SSSR count). The van der Waals surface area contributed by atoms with Gasteiger partial charge in [0.1, 0.15) is 0 Å².